The van der Waals surface area contributed by atoms with Crippen LogP contribution in [0.3, 0.4) is 0 Å². The molecular weight excluding hydrogens is 513 g/mol. The third-order valence-corrected chi connectivity index (χ3v) is 6.57. The molecule has 0 bridgehead atoms. The van der Waals surface area contributed by atoms with Gasteiger partial charge < -0.3 is 25.4 Å². The summed E-state index contributed by atoms with van der Waals surface area (Å²) in [6.07, 6.45) is 1.55. The minimum atomic E-state index is -1.27. The molecular formula is C29H30FN7O3. The van der Waals surface area contributed by atoms with Gasteiger partial charge in [-0.05, 0) is 12.5 Å². The van der Waals surface area contributed by atoms with Crippen LogP contribution >= 0.6 is 0 Å². The van der Waals surface area contributed by atoms with Gasteiger partial charge in [-0.3, -0.25) is 10.2 Å². The van der Waals surface area contributed by atoms with Crippen molar-refractivity contribution in [3.63, 3.8) is 0 Å². The Morgan fingerprint density at radius 1 is 1.25 bits per heavy atom. The number of para-hydroxylation sites is 1. The highest BCUT2D eigenvalue weighted by atomic mass is 19.1. The average Bonchev–Trinajstić information content (AvgIpc) is 3.09. The Hall–Kier alpha value is -4.64. The highest BCUT2D eigenvalue weighted by Gasteiger charge is 2.28. The van der Waals surface area contributed by atoms with Gasteiger partial charge in [-0.15, -0.1) is 0 Å². The van der Waals surface area contributed by atoms with Crippen LogP contribution in [0, 0.1) is 11.2 Å². The molecule has 0 saturated carbocycles. The second-order valence-electron chi connectivity index (χ2n) is 9.40. The minimum absolute atomic E-state index is 0.00820. The van der Waals surface area contributed by atoms with Gasteiger partial charge >= 0.3 is 0 Å². The van der Waals surface area contributed by atoms with Crippen molar-refractivity contribution in [2.75, 3.05) is 29.9 Å². The summed E-state index contributed by atoms with van der Waals surface area (Å²) in [6.45, 7) is 3.58. The van der Waals surface area contributed by atoms with Crippen LogP contribution in [0.2, 0.25) is 0 Å². The number of nitrogens with one attached hydrogen (secondary N) is 2. The molecule has 5 rings (SSSR count). The number of pyridine rings is 1. The third kappa shape index (κ3) is 5.99. The first-order valence-electron chi connectivity index (χ1n) is 13.1. The molecule has 11 heteroatoms. The maximum Gasteiger partial charge on any atom is 0.291 e. The van der Waals surface area contributed by atoms with Crippen molar-refractivity contribution >= 4 is 34.9 Å². The summed E-state index contributed by atoms with van der Waals surface area (Å²) in [4.78, 5) is 27.9. The smallest absolute Gasteiger partial charge is 0.291 e. The second-order valence-corrected chi connectivity index (χ2v) is 9.40. The maximum absolute atomic E-state index is 14.2. The van der Waals surface area contributed by atoms with Crippen molar-refractivity contribution in [2.24, 2.45) is 15.7 Å². The zero-order valence-corrected chi connectivity index (χ0v) is 22.0. The van der Waals surface area contributed by atoms with Gasteiger partial charge in [-0.1, -0.05) is 61.9 Å². The van der Waals surface area contributed by atoms with Crippen molar-refractivity contribution in [3.05, 3.63) is 89.5 Å². The van der Waals surface area contributed by atoms with Gasteiger partial charge in [0.2, 0.25) is 12.1 Å². The lowest BCUT2D eigenvalue weighted by atomic mass is 10.0. The third-order valence-electron chi connectivity index (χ3n) is 6.57. The van der Waals surface area contributed by atoms with Gasteiger partial charge in [0.1, 0.15) is 11.5 Å². The molecule has 40 heavy (non-hydrogen) atoms. The largest absolute Gasteiger partial charge is 0.405 e. The lowest BCUT2D eigenvalue weighted by Crippen LogP contribution is -2.43. The number of amides is 1. The maximum atomic E-state index is 14.2. The Kier molecular flexibility index (Phi) is 8.11. The Labute approximate surface area is 231 Å². The quantitative estimate of drug-likeness (QED) is 0.320. The van der Waals surface area contributed by atoms with Gasteiger partial charge in [-0.2, -0.15) is 4.99 Å². The van der Waals surface area contributed by atoms with Gasteiger partial charge in [0.25, 0.3) is 11.9 Å². The van der Waals surface area contributed by atoms with Crippen LogP contribution in [0.4, 0.5) is 15.8 Å². The van der Waals surface area contributed by atoms with E-state index in [1.807, 2.05) is 53.4 Å². The average molecular weight is 544 g/mol. The van der Waals surface area contributed by atoms with Gasteiger partial charge in [0, 0.05) is 30.3 Å². The zero-order valence-electron chi connectivity index (χ0n) is 22.0. The molecule has 1 amide bonds. The number of benzodiazepines with no additional fused rings is 1. The second kappa shape index (κ2) is 12.0. The minimum Gasteiger partial charge on any atom is -0.405 e. The first kappa shape index (κ1) is 26.9. The van der Waals surface area contributed by atoms with Crippen molar-refractivity contribution in [1.29, 1.82) is 5.41 Å². The van der Waals surface area contributed by atoms with Crippen molar-refractivity contribution in [1.82, 2.24) is 4.98 Å². The van der Waals surface area contributed by atoms with Crippen molar-refractivity contribution in [3.8, 4) is 0 Å². The number of rotatable bonds is 6. The van der Waals surface area contributed by atoms with Crippen LogP contribution in [-0.2, 0) is 14.3 Å². The molecule has 1 saturated heterocycles. The van der Waals surface area contributed by atoms with E-state index in [4.69, 9.17) is 20.6 Å². The van der Waals surface area contributed by atoms with Crippen LogP contribution in [0.15, 0.2) is 76.8 Å². The fourth-order valence-electron chi connectivity index (χ4n) is 4.74. The lowest BCUT2D eigenvalue weighted by Gasteiger charge is -2.35. The van der Waals surface area contributed by atoms with E-state index in [2.05, 4.69) is 27.2 Å². The number of benzene rings is 2. The first-order chi connectivity index (χ1) is 19.4. The molecule has 2 atom stereocenters. The van der Waals surface area contributed by atoms with E-state index in [0.717, 1.165) is 30.2 Å². The van der Waals surface area contributed by atoms with Crippen molar-refractivity contribution < 1.29 is 18.7 Å². The Morgan fingerprint density at radius 3 is 2.83 bits per heavy atom. The standard InChI is InChI=1S/C29H30FN7O3/c1-2-8-20-17-37(13-14-39-20)23-15-19(30)16-33-25(23)26(31)40-29(32)36-27-28(38)34-22-12-7-6-11-21(22)24(35-27)18-9-4-3-5-10-18/h3-7,9-12,15-16,20,27,31H,2,8,13-14,17H2,1H3,(H2,32,36)(H,34,38). The molecule has 0 aliphatic carbocycles. The predicted molar refractivity (Wildman–Crippen MR) is 152 cm³/mol. The monoisotopic (exact) mass is 543 g/mol. The predicted octanol–water partition coefficient (Wildman–Crippen LogP) is 3.70. The number of ether oxygens (including phenoxy) is 2. The molecule has 2 aliphatic heterocycles. The summed E-state index contributed by atoms with van der Waals surface area (Å²) in [6, 6.07) is 17.6. The Bertz CT molecular complexity index is 1460. The normalized spacial score (nSPS) is 19.2. The van der Waals surface area contributed by atoms with E-state index in [1.54, 1.807) is 6.07 Å². The zero-order chi connectivity index (χ0) is 28.1. The molecule has 3 heterocycles. The highest BCUT2D eigenvalue weighted by molar-refractivity contribution is 6.19. The van der Waals surface area contributed by atoms with E-state index < -0.39 is 29.8 Å². The van der Waals surface area contributed by atoms with Gasteiger partial charge in [0.15, 0.2) is 0 Å². The van der Waals surface area contributed by atoms with Crippen molar-refractivity contribution in [2.45, 2.75) is 32.0 Å². The number of amidine groups is 1. The van der Waals surface area contributed by atoms with Crippen LogP contribution in [0.5, 0.6) is 0 Å². The number of hydrogen-bond donors (Lipinski definition) is 3. The number of aliphatic imine (C=N–C) groups is 2. The summed E-state index contributed by atoms with van der Waals surface area (Å²) in [5.74, 6) is -1.48. The molecule has 0 spiro atoms. The summed E-state index contributed by atoms with van der Waals surface area (Å²) in [5.41, 5.74) is 9.25. The summed E-state index contributed by atoms with van der Waals surface area (Å²) in [7, 11) is 0. The van der Waals surface area contributed by atoms with Crippen LogP contribution in [-0.4, -0.2) is 60.5 Å². The van der Waals surface area contributed by atoms with E-state index in [9.17, 15) is 9.18 Å². The molecule has 2 unspecified atom stereocenters. The Balaban J connectivity index is 1.41. The lowest BCUT2D eigenvalue weighted by molar-refractivity contribution is -0.117. The molecule has 10 nitrogen and oxygen atoms in total. The number of nitrogens with zero attached hydrogens (tertiary/aromatic N) is 4. The van der Waals surface area contributed by atoms with E-state index in [0.29, 0.717) is 36.8 Å². The molecule has 206 valence electrons. The number of hydrogen-bond acceptors (Lipinski definition) is 8. The fraction of sp³-hybridized carbons (Fsp3) is 0.276. The molecule has 2 aliphatic rings. The number of fused-ring (bicyclic) bond motifs is 1. The molecule has 3 aromatic rings. The van der Waals surface area contributed by atoms with Gasteiger partial charge in [0.05, 0.1) is 36.0 Å². The number of nitrogens with two attached hydrogens (primary N) is 1. The number of aromatic nitrogens is 1. The van der Waals surface area contributed by atoms with Gasteiger partial charge in [-0.25, -0.2) is 14.4 Å². The number of carbonyl (C=O) groups is 1. The molecule has 2 aromatic carbocycles. The summed E-state index contributed by atoms with van der Waals surface area (Å²) in [5, 5.41) is 11.4. The topological polar surface area (TPSA) is 138 Å². The number of carbonyl (C=O) groups excluding carboxylic acids is 1. The fourth-order valence-corrected chi connectivity index (χ4v) is 4.74. The molecule has 1 fully saturated rings. The Morgan fingerprint density at radius 2 is 2.02 bits per heavy atom. The summed E-state index contributed by atoms with van der Waals surface area (Å²) >= 11 is 0. The first-order valence-corrected chi connectivity index (χ1v) is 13.1. The van der Waals surface area contributed by atoms with E-state index in [-0.39, 0.29) is 11.8 Å². The molecule has 4 N–H and O–H groups in total. The number of morpholine rings is 1. The van der Waals surface area contributed by atoms with Crippen LogP contribution in [0.1, 0.15) is 36.6 Å². The highest BCUT2D eigenvalue weighted by Crippen LogP contribution is 2.26. The van der Waals surface area contributed by atoms with E-state index in [1.165, 1.54) is 6.07 Å². The van der Waals surface area contributed by atoms with Crippen LogP contribution < -0.4 is 16.0 Å². The summed E-state index contributed by atoms with van der Waals surface area (Å²) < 4.78 is 25.5. The van der Waals surface area contributed by atoms with Crippen LogP contribution in [0.25, 0.3) is 0 Å². The number of anilines is 2. The number of halogens is 1. The molecule has 1 aromatic heterocycles. The van der Waals surface area contributed by atoms with E-state index >= 15 is 0 Å². The SMILES string of the molecule is CCCC1CN(c2cc(F)cnc2C(=N)O/C(N)=N/C2N=C(c3ccccc3)c3ccccc3NC2=O)CCO1. The molecule has 0 radical (unpaired) electrons.